The molecular weight excluding hydrogens is 228 g/mol. The summed E-state index contributed by atoms with van der Waals surface area (Å²) in [6, 6.07) is 4.25. The zero-order valence-corrected chi connectivity index (χ0v) is 10.5. The summed E-state index contributed by atoms with van der Waals surface area (Å²) in [5, 5.41) is 0. The molecule has 1 aromatic heterocycles. The van der Waals surface area contributed by atoms with Gasteiger partial charge in [-0.3, -0.25) is 4.79 Å². The lowest BCUT2D eigenvalue weighted by Gasteiger charge is -2.28. The number of pyridine rings is 1. The van der Waals surface area contributed by atoms with E-state index in [1.807, 2.05) is 17.0 Å². The van der Waals surface area contributed by atoms with E-state index < -0.39 is 0 Å². The molecule has 0 saturated heterocycles. The molecule has 5 heteroatoms. The Balaban J connectivity index is 2.17. The van der Waals surface area contributed by atoms with Crippen molar-refractivity contribution in [3.63, 3.8) is 0 Å². The van der Waals surface area contributed by atoms with E-state index in [0.717, 1.165) is 24.2 Å². The van der Waals surface area contributed by atoms with Gasteiger partial charge in [-0.15, -0.1) is 0 Å². The van der Waals surface area contributed by atoms with E-state index in [9.17, 15) is 4.79 Å². The first-order chi connectivity index (χ1) is 8.70. The predicted molar refractivity (Wildman–Crippen MR) is 70.9 cm³/mol. The van der Waals surface area contributed by atoms with Crippen LogP contribution in [0, 0.1) is 0 Å². The molecule has 0 atom stereocenters. The lowest BCUT2D eigenvalue weighted by atomic mass is 10.2. The van der Waals surface area contributed by atoms with Crippen molar-refractivity contribution >= 4 is 11.7 Å². The van der Waals surface area contributed by atoms with Gasteiger partial charge >= 0.3 is 0 Å². The zero-order valence-electron chi connectivity index (χ0n) is 10.5. The average molecular weight is 248 g/mol. The summed E-state index contributed by atoms with van der Waals surface area (Å²) in [6.45, 7) is 0.714. The van der Waals surface area contributed by atoms with Crippen LogP contribution in [0.2, 0.25) is 0 Å². The van der Waals surface area contributed by atoms with Crippen LogP contribution in [0.5, 0.6) is 0 Å². The summed E-state index contributed by atoms with van der Waals surface area (Å²) in [6.07, 6.45) is 6.39. The number of hydrogen-bond acceptors (Lipinski definition) is 4. The molecule has 1 heterocycles. The molecule has 0 unspecified atom stereocenters. The molecule has 5 nitrogen and oxygen atoms in total. The second-order valence-electron chi connectivity index (χ2n) is 4.76. The van der Waals surface area contributed by atoms with E-state index in [1.54, 1.807) is 6.20 Å². The molecule has 1 aliphatic carbocycles. The lowest BCUT2D eigenvalue weighted by molar-refractivity contribution is -0.116. The first-order valence-corrected chi connectivity index (χ1v) is 6.40. The van der Waals surface area contributed by atoms with Crippen LogP contribution in [0.25, 0.3) is 0 Å². The van der Waals surface area contributed by atoms with Gasteiger partial charge in [-0.2, -0.15) is 0 Å². The summed E-state index contributed by atoms with van der Waals surface area (Å²) in [5.41, 5.74) is 11.9. The molecular formula is C13H20N4O. The van der Waals surface area contributed by atoms with Gasteiger partial charge in [0.05, 0.1) is 6.54 Å². The maximum Gasteiger partial charge on any atom is 0.237 e. The van der Waals surface area contributed by atoms with Crippen LogP contribution in [0.3, 0.4) is 0 Å². The first kappa shape index (κ1) is 12.8. The molecule has 0 radical (unpaired) electrons. The molecule has 1 aliphatic rings. The summed E-state index contributed by atoms with van der Waals surface area (Å²) in [4.78, 5) is 17.6. The summed E-state index contributed by atoms with van der Waals surface area (Å²) >= 11 is 0. The highest BCUT2D eigenvalue weighted by Gasteiger charge is 2.24. The highest BCUT2D eigenvalue weighted by molar-refractivity contribution is 5.79. The summed E-state index contributed by atoms with van der Waals surface area (Å²) in [5.74, 6) is 0.504. The molecule has 98 valence electrons. The van der Waals surface area contributed by atoms with Crippen molar-refractivity contribution in [2.45, 2.75) is 38.3 Å². The van der Waals surface area contributed by atoms with Gasteiger partial charge in [-0.05, 0) is 24.5 Å². The van der Waals surface area contributed by atoms with Crippen LogP contribution in [0.15, 0.2) is 18.3 Å². The van der Waals surface area contributed by atoms with Crippen LogP contribution < -0.4 is 16.4 Å². The van der Waals surface area contributed by atoms with Crippen molar-refractivity contribution in [3.05, 3.63) is 23.9 Å². The molecule has 1 fully saturated rings. The molecule has 0 spiro atoms. The first-order valence-electron chi connectivity index (χ1n) is 6.40. The summed E-state index contributed by atoms with van der Waals surface area (Å²) < 4.78 is 0. The number of anilines is 1. The van der Waals surface area contributed by atoms with Gasteiger partial charge in [0.15, 0.2) is 0 Å². The maximum atomic E-state index is 11.2. The molecule has 0 bridgehead atoms. The minimum Gasteiger partial charge on any atom is -0.368 e. The Hall–Kier alpha value is -1.62. The lowest BCUT2D eigenvalue weighted by Crippen LogP contribution is -2.40. The molecule has 0 aromatic carbocycles. The third kappa shape index (κ3) is 2.98. The van der Waals surface area contributed by atoms with Gasteiger partial charge < -0.3 is 16.4 Å². The number of primary amides is 1. The monoisotopic (exact) mass is 248 g/mol. The van der Waals surface area contributed by atoms with E-state index in [0.29, 0.717) is 12.6 Å². The number of rotatable bonds is 5. The van der Waals surface area contributed by atoms with Crippen molar-refractivity contribution in [3.8, 4) is 0 Å². The number of aromatic nitrogens is 1. The minimum absolute atomic E-state index is 0.236. The zero-order chi connectivity index (χ0) is 13.0. The molecule has 1 saturated carbocycles. The molecule has 1 aromatic rings. The van der Waals surface area contributed by atoms with E-state index in [1.165, 1.54) is 12.8 Å². The Bertz CT molecular complexity index is 398. The largest absolute Gasteiger partial charge is 0.368 e. The standard InChI is InChI=1S/C13H20N4O/c14-7-10-5-6-13(16-8-10)17(9-12(15)18)11-3-1-2-4-11/h5-6,8,11H,1-4,7,9,14H2,(H2,15,18). The third-order valence-electron chi connectivity index (χ3n) is 3.43. The average Bonchev–Trinajstić information content (AvgIpc) is 2.89. The normalized spacial score (nSPS) is 15.8. The van der Waals surface area contributed by atoms with Gasteiger partial charge in [0, 0.05) is 18.8 Å². The van der Waals surface area contributed by atoms with Crippen molar-refractivity contribution in [2.75, 3.05) is 11.4 Å². The maximum absolute atomic E-state index is 11.2. The Morgan fingerprint density at radius 3 is 2.61 bits per heavy atom. The van der Waals surface area contributed by atoms with Gasteiger partial charge in [0.1, 0.15) is 5.82 Å². The second-order valence-corrected chi connectivity index (χ2v) is 4.76. The van der Waals surface area contributed by atoms with E-state index in [-0.39, 0.29) is 12.5 Å². The number of carbonyl (C=O) groups excluding carboxylic acids is 1. The number of nitrogens with zero attached hydrogens (tertiary/aromatic N) is 2. The minimum atomic E-state index is -0.313. The smallest absolute Gasteiger partial charge is 0.237 e. The van der Waals surface area contributed by atoms with Gasteiger partial charge in [0.2, 0.25) is 5.91 Å². The van der Waals surface area contributed by atoms with Crippen LogP contribution >= 0.6 is 0 Å². The Morgan fingerprint density at radius 1 is 1.39 bits per heavy atom. The quantitative estimate of drug-likeness (QED) is 0.806. The van der Waals surface area contributed by atoms with Gasteiger partial charge in [-0.25, -0.2) is 4.98 Å². The predicted octanol–water partition coefficient (Wildman–Crippen LogP) is 0.775. The highest BCUT2D eigenvalue weighted by atomic mass is 16.1. The van der Waals surface area contributed by atoms with Crippen molar-refractivity contribution in [2.24, 2.45) is 11.5 Å². The fourth-order valence-electron chi connectivity index (χ4n) is 2.49. The van der Waals surface area contributed by atoms with Crippen LogP contribution in [-0.4, -0.2) is 23.5 Å². The highest BCUT2D eigenvalue weighted by Crippen LogP contribution is 2.26. The molecule has 4 N–H and O–H groups in total. The number of nitrogens with two attached hydrogens (primary N) is 2. The van der Waals surface area contributed by atoms with Crippen LogP contribution in [-0.2, 0) is 11.3 Å². The van der Waals surface area contributed by atoms with E-state index >= 15 is 0 Å². The molecule has 1 amide bonds. The topological polar surface area (TPSA) is 85.2 Å². The van der Waals surface area contributed by atoms with Crippen LogP contribution in [0.1, 0.15) is 31.2 Å². The fourth-order valence-corrected chi connectivity index (χ4v) is 2.49. The Kier molecular flexibility index (Phi) is 4.15. The molecule has 18 heavy (non-hydrogen) atoms. The molecule has 0 aliphatic heterocycles. The van der Waals surface area contributed by atoms with Crippen molar-refractivity contribution < 1.29 is 4.79 Å². The van der Waals surface area contributed by atoms with Crippen LogP contribution in [0.4, 0.5) is 5.82 Å². The molecule has 2 rings (SSSR count). The van der Waals surface area contributed by atoms with Gasteiger partial charge in [-0.1, -0.05) is 18.9 Å². The Morgan fingerprint density at radius 2 is 2.11 bits per heavy atom. The number of carbonyl (C=O) groups is 1. The summed E-state index contributed by atoms with van der Waals surface area (Å²) in [7, 11) is 0. The Labute approximate surface area is 107 Å². The van der Waals surface area contributed by atoms with E-state index in [2.05, 4.69) is 4.98 Å². The van der Waals surface area contributed by atoms with E-state index in [4.69, 9.17) is 11.5 Å². The third-order valence-corrected chi connectivity index (χ3v) is 3.43. The number of hydrogen-bond donors (Lipinski definition) is 2. The number of amides is 1. The second kappa shape index (κ2) is 5.82. The van der Waals surface area contributed by atoms with Crippen molar-refractivity contribution in [1.82, 2.24) is 4.98 Å². The SMILES string of the molecule is NCc1ccc(N(CC(N)=O)C2CCCC2)nc1. The van der Waals surface area contributed by atoms with Crippen molar-refractivity contribution in [1.29, 1.82) is 0 Å². The fraction of sp³-hybridized carbons (Fsp3) is 0.538. The van der Waals surface area contributed by atoms with Gasteiger partial charge in [0.25, 0.3) is 0 Å².